The number of hydrogen-bond donors (Lipinski definition) is 3. The van der Waals surface area contributed by atoms with Crippen LogP contribution in [-0.4, -0.2) is 31.8 Å². The second-order valence-corrected chi connectivity index (χ2v) is 9.67. The Morgan fingerprint density at radius 3 is 2.50 bits per heavy atom. The maximum atomic E-state index is 13.5. The summed E-state index contributed by atoms with van der Waals surface area (Å²) < 4.78 is 46.9. The first kappa shape index (κ1) is 20.5. The molecule has 4 nitrogen and oxygen atoms in total. The van der Waals surface area contributed by atoms with E-state index in [1.54, 1.807) is 6.07 Å². The minimum Gasteiger partial charge on any atom is -0.378 e. The van der Waals surface area contributed by atoms with Crippen molar-refractivity contribution in [3.8, 4) is 0 Å². The molecule has 0 aromatic heterocycles. The third-order valence-corrected chi connectivity index (χ3v) is 7.81. The van der Waals surface area contributed by atoms with Gasteiger partial charge in [-0.25, -0.2) is 0 Å². The Balaban J connectivity index is 1.26. The van der Waals surface area contributed by atoms with Crippen molar-refractivity contribution in [2.45, 2.75) is 43.3 Å². The van der Waals surface area contributed by atoms with Gasteiger partial charge in [0.25, 0.3) is 0 Å². The van der Waals surface area contributed by atoms with E-state index in [1.165, 1.54) is 6.07 Å². The largest absolute Gasteiger partial charge is 0.416 e. The number of nitrogens with one attached hydrogen (secondary N) is 3. The summed E-state index contributed by atoms with van der Waals surface area (Å²) in [7, 11) is 0. The standard InChI is InChI=1S/C25H28F3N3O/c26-25(27,28)15-6-9-21-18(10-15)24-17(22(31-21)14-4-2-1-3-5-14)8-7-16(32-24)11-30-23-19-12-29-13-20(19)23/h1-6,9-10,16-17,19-20,22-24,29-31H,7-8,11-13H2/t16-,17+,19-,20+,22+,23?,24+/m1/s1. The van der Waals surface area contributed by atoms with Crippen molar-refractivity contribution in [1.82, 2.24) is 10.6 Å². The van der Waals surface area contributed by atoms with E-state index in [9.17, 15) is 13.2 Å². The lowest BCUT2D eigenvalue weighted by Crippen LogP contribution is -2.43. The van der Waals surface area contributed by atoms with Gasteiger partial charge < -0.3 is 20.7 Å². The molecule has 2 aromatic carbocycles. The maximum Gasteiger partial charge on any atom is 0.416 e. The molecule has 1 unspecified atom stereocenters. The Morgan fingerprint density at radius 1 is 0.969 bits per heavy atom. The molecule has 3 N–H and O–H groups in total. The number of anilines is 1. The molecule has 0 radical (unpaired) electrons. The summed E-state index contributed by atoms with van der Waals surface area (Å²) in [5.41, 5.74) is 1.90. The molecular formula is C25H28F3N3O. The number of piperidine rings is 1. The number of halogens is 3. The van der Waals surface area contributed by atoms with Crippen LogP contribution in [0.2, 0.25) is 0 Å². The van der Waals surface area contributed by atoms with Gasteiger partial charge in [0.1, 0.15) is 0 Å². The summed E-state index contributed by atoms with van der Waals surface area (Å²) in [5.74, 6) is 1.54. The Morgan fingerprint density at radius 2 is 1.75 bits per heavy atom. The van der Waals surface area contributed by atoms with Crippen LogP contribution in [0.1, 0.15) is 41.7 Å². The SMILES string of the molecule is FC(F)(F)c1ccc2c(c1)[C@H]1O[C@@H](CNC3[C@H]4CNC[C@@H]34)CC[C@H]1[C@H](c1ccccc1)N2. The second-order valence-electron chi connectivity index (χ2n) is 9.67. The molecule has 2 aromatic rings. The van der Waals surface area contributed by atoms with E-state index in [0.717, 1.165) is 61.6 Å². The highest BCUT2D eigenvalue weighted by Crippen LogP contribution is 2.51. The van der Waals surface area contributed by atoms with Crippen LogP contribution >= 0.6 is 0 Å². The predicted octanol–water partition coefficient (Wildman–Crippen LogP) is 4.52. The smallest absolute Gasteiger partial charge is 0.378 e. The first-order chi connectivity index (χ1) is 15.5. The van der Waals surface area contributed by atoms with E-state index >= 15 is 0 Å². The molecule has 32 heavy (non-hydrogen) atoms. The molecule has 7 heteroatoms. The van der Waals surface area contributed by atoms with Gasteiger partial charge in [-0.3, -0.25) is 0 Å². The number of rotatable bonds is 4. The van der Waals surface area contributed by atoms with E-state index in [1.807, 2.05) is 18.2 Å². The minimum atomic E-state index is -4.37. The fourth-order valence-electron chi connectivity index (χ4n) is 6.06. The van der Waals surface area contributed by atoms with Gasteiger partial charge in [-0.2, -0.15) is 13.2 Å². The summed E-state index contributed by atoms with van der Waals surface area (Å²) in [4.78, 5) is 0. The Labute approximate surface area is 185 Å². The lowest BCUT2D eigenvalue weighted by Gasteiger charge is -2.46. The molecule has 4 aliphatic rings. The van der Waals surface area contributed by atoms with Crippen molar-refractivity contribution in [2.75, 3.05) is 25.0 Å². The highest BCUT2D eigenvalue weighted by Gasteiger charge is 2.53. The summed E-state index contributed by atoms with van der Waals surface area (Å²) in [6.07, 6.45) is -2.87. The van der Waals surface area contributed by atoms with Crippen LogP contribution in [0.4, 0.5) is 18.9 Å². The van der Waals surface area contributed by atoms with E-state index < -0.39 is 11.7 Å². The number of alkyl halides is 3. The van der Waals surface area contributed by atoms with E-state index in [-0.39, 0.29) is 24.2 Å². The first-order valence-corrected chi connectivity index (χ1v) is 11.6. The Hall–Kier alpha value is -2.09. The van der Waals surface area contributed by atoms with Gasteiger partial charge in [-0.05, 0) is 61.5 Å². The number of hydrogen-bond acceptors (Lipinski definition) is 4. The fourth-order valence-corrected chi connectivity index (χ4v) is 6.06. The average molecular weight is 444 g/mol. The summed E-state index contributed by atoms with van der Waals surface area (Å²) in [5, 5.41) is 10.6. The number of benzene rings is 2. The van der Waals surface area contributed by atoms with Gasteiger partial charge in [0.05, 0.1) is 23.8 Å². The van der Waals surface area contributed by atoms with Crippen LogP contribution < -0.4 is 16.0 Å². The average Bonchev–Trinajstić information content (AvgIpc) is 3.22. The molecular weight excluding hydrogens is 415 g/mol. The molecule has 2 saturated heterocycles. The van der Waals surface area contributed by atoms with Gasteiger partial charge in [0.2, 0.25) is 0 Å². The zero-order valence-corrected chi connectivity index (χ0v) is 17.7. The van der Waals surface area contributed by atoms with Gasteiger partial charge >= 0.3 is 6.18 Å². The second kappa shape index (κ2) is 7.75. The van der Waals surface area contributed by atoms with Crippen LogP contribution in [0.25, 0.3) is 0 Å². The van der Waals surface area contributed by atoms with E-state index in [0.29, 0.717) is 11.6 Å². The summed E-state index contributed by atoms with van der Waals surface area (Å²) >= 11 is 0. The number of ether oxygens (including phenoxy) is 1. The molecule has 6 rings (SSSR count). The third kappa shape index (κ3) is 3.60. The van der Waals surface area contributed by atoms with Crippen LogP contribution in [-0.2, 0) is 10.9 Å². The molecule has 3 heterocycles. The van der Waals surface area contributed by atoms with Crippen LogP contribution in [0.5, 0.6) is 0 Å². The zero-order valence-electron chi connectivity index (χ0n) is 17.7. The van der Waals surface area contributed by atoms with Crippen molar-refractivity contribution in [2.24, 2.45) is 17.8 Å². The van der Waals surface area contributed by atoms with Crippen molar-refractivity contribution in [1.29, 1.82) is 0 Å². The zero-order chi connectivity index (χ0) is 21.9. The molecule has 170 valence electrons. The van der Waals surface area contributed by atoms with Gasteiger partial charge in [-0.15, -0.1) is 0 Å². The fraction of sp³-hybridized carbons (Fsp3) is 0.520. The van der Waals surface area contributed by atoms with Crippen molar-refractivity contribution >= 4 is 5.69 Å². The van der Waals surface area contributed by atoms with Gasteiger partial charge in [-0.1, -0.05) is 30.3 Å². The highest BCUT2D eigenvalue weighted by molar-refractivity contribution is 5.58. The molecule has 1 aliphatic carbocycles. The van der Waals surface area contributed by atoms with Gasteiger partial charge in [0, 0.05) is 29.8 Å². The Bertz CT molecular complexity index is 972. The maximum absolute atomic E-state index is 13.5. The van der Waals surface area contributed by atoms with E-state index in [2.05, 4.69) is 28.1 Å². The van der Waals surface area contributed by atoms with Crippen LogP contribution in [0, 0.1) is 17.8 Å². The molecule has 1 saturated carbocycles. The van der Waals surface area contributed by atoms with Crippen molar-refractivity contribution < 1.29 is 17.9 Å². The third-order valence-electron chi connectivity index (χ3n) is 7.81. The minimum absolute atomic E-state index is 0.0162. The molecule has 7 atom stereocenters. The van der Waals surface area contributed by atoms with Gasteiger partial charge in [0.15, 0.2) is 0 Å². The summed E-state index contributed by atoms with van der Waals surface area (Å²) in [6.45, 7) is 2.92. The monoisotopic (exact) mass is 443 g/mol. The first-order valence-electron chi connectivity index (χ1n) is 11.6. The quantitative estimate of drug-likeness (QED) is 0.651. The predicted molar refractivity (Wildman–Crippen MR) is 116 cm³/mol. The van der Waals surface area contributed by atoms with E-state index in [4.69, 9.17) is 4.74 Å². The molecule has 3 fully saturated rings. The van der Waals surface area contributed by atoms with Crippen molar-refractivity contribution in [3.63, 3.8) is 0 Å². The lowest BCUT2D eigenvalue weighted by molar-refractivity contribution is -0.138. The highest BCUT2D eigenvalue weighted by atomic mass is 19.4. The molecule has 0 spiro atoms. The van der Waals surface area contributed by atoms with Crippen LogP contribution in [0.15, 0.2) is 48.5 Å². The van der Waals surface area contributed by atoms with Crippen molar-refractivity contribution in [3.05, 3.63) is 65.2 Å². The normalized spacial score (nSPS) is 35.4. The molecule has 3 aliphatic heterocycles. The lowest BCUT2D eigenvalue weighted by atomic mass is 9.76. The molecule has 0 bridgehead atoms. The molecule has 0 amide bonds. The van der Waals surface area contributed by atoms with Crippen LogP contribution in [0.3, 0.4) is 0 Å². The Kier molecular flexibility index (Phi) is 4.97. The number of fused-ring (bicyclic) bond motifs is 4. The topological polar surface area (TPSA) is 45.3 Å². The summed E-state index contributed by atoms with van der Waals surface area (Å²) in [6, 6.07) is 14.7.